The van der Waals surface area contributed by atoms with Crippen LogP contribution in [-0.4, -0.2) is 27.9 Å². The van der Waals surface area contributed by atoms with Crippen molar-refractivity contribution in [1.29, 1.82) is 0 Å². The first-order chi connectivity index (χ1) is 11.3. The molecule has 1 heterocycles. The number of hydrogen-bond acceptors (Lipinski definition) is 5. The van der Waals surface area contributed by atoms with Crippen molar-refractivity contribution in [2.45, 2.75) is 36.9 Å². The predicted molar refractivity (Wildman–Crippen MR) is 87.8 cm³/mol. The number of hydrogen-bond donors (Lipinski definition) is 1. The van der Waals surface area contributed by atoms with Crippen molar-refractivity contribution in [1.82, 2.24) is 15.5 Å². The summed E-state index contributed by atoms with van der Waals surface area (Å²) in [5.74, 6) is 2.41. The Morgan fingerprint density at radius 2 is 2.09 bits per heavy atom. The van der Waals surface area contributed by atoms with Crippen LogP contribution in [0.4, 0.5) is 0 Å². The van der Waals surface area contributed by atoms with Crippen molar-refractivity contribution in [3.63, 3.8) is 0 Å². The Morgan fingerprint density at radius 3 is 2.83 bits per heavy atom. The van der Waals surface area contributed by atoms with Crippen molar-refractivity contribution in [3.8, 4) is 11.5 Å². The van der Waals surface area contributed by atoms with Crippen LogP contribution in [0.3, 0.4) is 0 Å². The highest BCUT2D eigenvalue weighted by Gasteiger charge is 2.40. The molecule has 6 heteroatoms. The first kappa shape index (κ1) is 14.8. The fourth-order valence-corrected chi connectivity index (χ4v) is 4.34. The van der Waals surface area contributed by atoms with Crippen LogP contribution in [0.2, 0.25) is 0 Å². The monoisotopic (exact) mass is 329 g/mol. The maximum atomic E-state index is 12.1. The van der Waals surface area contributed by atoms with Crippen molar-refractivity contribution in [2.24, 2.45) is 11.8 Å². The minimum Gasteiger partial charge on any atom is -0.411 e. The lowest BCUT2D eigenvalue weighted by molar-refractivity contribution is -0.119. The number of amides is 1. The molecule has 3 atom stereocenters. The van der Waals surface area contributed by atoms with Crippen LogP contribution in [0.1, 0.15) is 25.7 Å². The van der Waals surface area contributed by atoms with Gasteiger partial charge in [-0.3, -0.25) is 4.79 Å². The number of benzene rings is 1. The number of aromatic nitrogens is 2. The zero-order valence-corrected chi connectivity index (χ0v) is 13.6. The van der Waals surface area contributed by atoms with E-state index in [-0.39, 0.29) is 5.91 Å². The minimum atomic E-state index is 0.0620. The van der Waals surface area contributed by atoms with Crippen LogP contribution in [0.25, 0.3) is 11.5 Å². The summed E-state index contributed by atoms with van der Waals surface area (Å²) in [5, 5.41) is 11.6. The van der Waals surface area contributed by atoms with E-state index in [1.807, 2.05) is 30.3 Å². The topological polar surface area (TPSA) is 68.0 Å². The number of nitrogens with zero attached hydrogens (tertiary/aromatic N) is 2. The highest BCUT2D eigenvalue weighted by molar-refractivity contribution is 7.99. The number of carbonyl (C=O) groups is 1. The van der Waals surface area contributed by atoms with E-state index in [9.17, 15) is 4.79 Å². The standard InChI is InChI=1S/C17H19N3O2S/c21-15(18-14-9-11-6-7-13(14)8-11)10-23-17-20-19-16(22-17)12-4-2-1-3-5-12/h1-5,11,13-14H,6-10H2,(H,18,21)/t11-,13-,14-/m1/s1. The number of rotatable bonds is 5. The van der Waals surface area contributed by atoms with Crippen molar-refractivity contribution < 1.29 is 9.21 Å². The van der Waals surface area contributed by atoms with E-state index in [0.717, 1.165) is 17.9 Å². The van der Waals surface area contributed by atoms with Gasteiger partial charge in [0.05, 0.1) is 5.75 Å². The average Bonchev–Trinajstić information content (AvgIpc) is 3.30. The Hall–Kier alpha value is -1.82. The molecule has 2 aliphatic rings. The van der Waals surface area contributed by atoms with Gasteiger partial charge >= 0.3 is 0 Å². The van der Waals surface area contributed by atoms with Crippen LogP contribution in [0, 0.1) is 11.8 Å². The molecule has 2 aliphatic carbocycles. The van der Waals surface area contributed by atoms with Crippen LogP contribution in [0.15, 0.2) is 40.0 Å². The summed E-state index contributed by atoms with van der Waals surface area (Å²) < 4.78 is 5.60. The average molecular weight is 329 g/mol. The molecule has 120 valence electrons. The van der Waals surface area contributed by atoms with Crippen LogP contribution in [0.5, 0.6) is 0 Å². The van der Waals surface area contributed by atoms with Crippen LogP contribution in [-0.2, 0) is 4.79 Å². The predicted octanol–water partition coefficient (Wildman–Crippen LogP) is 3.13. The second-order valence-electron chi connectivity index (χ2n) is 6.38. The SMILES string of the molecule is O=C(CSc1nnc(-c2ccccc2)o1)N[C@@H]1C[C@@H]2CC[C@@H]1C2. The fourth-order valence-electron chi connectivity index (χ4n) is 3.76. The summed E-state index contributed by atoms with van der Waals surface area (Å²) in [5.41, 5.74) is 0.887. The third kappa shape index (κ3) is 3.27. The highest BCUT2D eigenvalue weighted by atomic mass is 32.2. The van der Waals surface area contributed by atoms with Crippen molar-refractivity contribution >= 4 is 17.7 Å². The maximum Gasteiger partial charge on any atom is 0.277 e. The quantitative estimate of drug-likeness (QED) is 0.854. The molecule has 0 aliphatic heterocycles. The molecule has 1 aromatic carbocycles. The molecule has 5 nitrogen and oxygen atoms in total. The van der Waals surface area contributed by atoms with E-state index >= 15 is 0 Å². The molecule has 1 N–H and O–H groups in total. The molecule has 4 rings (SSSR count). The van der Waals surface area contributed by atoms with Gasteiger partial charge < -0.3 is 9.73 Å². The molecular formula is C17H19N3O2S. The van der Waals surface area contributed by atoms with Gasteiger partial charge in [0.15, 0.2) is 0 Å². The molecular weight excluding hydrogens is 310 g/mol. The first-order valence-electron chi connectivity index (χ1n) is 8.09. The van der Waals surface area contributed by atoms with E-state index in [4.69, 9.17) is 4.42 Å². The molecule has 0 unspecified atom stereocenters. The molecule has 0 saturated heterocycles. The van der Waals surface area contributed by atoms with Gasteiger partial charge in [0, 0.05) is 11.6 Å². The van der Waals surface area contributed by atoms with Gasteiger partial charge in [0.2, 0.25) is 11.8 Å². The molecule has 2 fully saturated rings. The number of nitrogens with one attached hydrogen (secondary N) is 1. The lowest BCUT2D eigenvalue weighted by atomic mass is 9.95. The molecule has 2 aromatic rings. The van der Waals surface area contributed by atoms with Crippen LogP contribution < -0.4 is 5.32 Å². The first-order valence-corrected chi connectivity index (χ1v) is 9.07. The third-order valence-corrected chi connectivity index (χ3v) is 5.66. The fraction of sp³-hybridized carbons (Fsp3) is 0.471. The van der Waals surface area contributed by atoms with Crippen molar-refractivity contribution in [3.05, 3.63) is 30.3 Å². The smallest absolute Gasteiger partial charge is 0.277 e. The minimum absolute atomic E-state index is 0.0620. The van der Waals surface area contributed by atoms with Gasteiger partial charge in [0.1, 0.15) is 0 Å². The Kier molecular flexibility index (Phi) is 4.08. The Morgan fingerprint density at radius 1 is 1.22 bits per heavy atom. The second-order valence-corrected chi connectivity index (χ2v) is 7.30. The lowest BCUT2D eigenvalue weighted by Crippen LogP contribution is -2.39. The third-order valence-electron chi connectivity index (χ3n) is 4.84. The Labute approximate surface area is 139 Å². The summed E-state index contributed by atoms with van der Waals surface area (Å²) >= 11 is 1.30. The van der Waals surface area contributed by atoms with E-state index in [1.54, 1.807) is 0 Å². The van der Waals surface area contributed by atoms with Gasteiger partial charge in [-0.05, 0) is 43.2 Å². The van der Waals surface area contributed by atoms with E-state index in [1.165, 1.54) is 31.0 Å². The van der Waals surface area contributed by atoms with Gasteiger partial charge in [-0.25, -0.2) is 0 Å². The summed E-state index contributed by atoms with van der Waals surface area (Å²) in [7, 11) is 0. The molecule has 2 bridgehead atoms. The van der Waals surface area contributed by atoms with Gasteiger partial charge in [-0.1, -0.05) is 36.4 Å². The Balaban J connectivity index is 1.29. The van der Waals surface area contributed by atoms with Gasteiger partial charge in [-0.2, -0.15) is 0 Å². The van der Waals surface area contributed by atoms with Gasteiger partial charge in [-0.15, -0.1) is 10.2 Å². The van der Waals surface area contributed by atoms with Gasteiger partial charge in [0.25, 0.3) is 5.22 Å². The largest absolute Gasteiger partial charge is 0.411 e. The zero-order valence-electron chi connectivity index (χ0n) is 12.8. The number of thioether (sulfide) groups is 1. The van der Waals surface area contributed by atoms with Crippen molar-refractivity contribution in [2.75, 3.05) is 5.75 Å². The summed E-state index contributed by atoms with van der Waals surface area (Å²) in [6.45, 7) is 0. The molecule has 1 aromatic heterocycles. The Bertz CT molecular complexity index is 688. The number of carbonyl (C=O) groups excluding carboxylic acids is 1. The summed E-state index contributed by atoms with van der Waals surface area (Å²) in [6, 6.07) is 10.0. The molecule has 0 spiro atoms. The molecule has 1 amide bonds. The van der Waals surface area contributed by atoms with E-state index in [2.05, 4.69) is 15.5 Å². The lowest BCUT2D eigenvalue weighted by Gasteiger charge is -2.22. The summed E-state index contributed by atoms with van der Waals surface area (Å²) in [4.78, 5) is 12.1. The van der Waals surface area contributed by atoms with E-state index in [0.29, 0.717) is 28.8 Å². The van der Waals surface area contributed by atoms with E-state index < -0.39 is 0 Å². The van der Waals surface area contributed by atoms with Crippen LogP contribution >= 0.6 is 11.8 Å². The maximum absolute atomic E-state index is 12.1. The summed E-state index contributed by atoms with van der Waals surface area (Å²) in [6.07, 6.45) is 5.06. The number of fused-ring (bicyclic) bond motifs is 2. The zero-order chi connectivity index (χ0) is 15.6. The molecule has 0 radical (unpaired) electrons. The normalized spacial score (nSPS) is 25.7. The second kappa shape index (κ2) is 6.35. The highest BCUT2D eigenvalue weighted by Crippen LogP contribution is 2.44. The molecule has 23 heavy (non-hydrogen) atoms. The molecule has 2 saturated carbocycles.